The van der Waals surface area contributed by atoms with E-state index in [4.69, 9.17) is 9.47 Å². The molecule has 0 amide bonds. The predicted molar refractivity (Wildman–Crippen MR) is 100 cm³/mol. The minimum Gasteiger partial charge on any atom is -0.497 e. The van der Waals surface area contributed by atoms with E-state index in [9.17, 15) is 8.42 Å². The van der Waals surface area contributed by atoms with Crippen molar-refractivity contribution in [3.63, 3.8) is 0 Å². The third-order valence-corrected chi connectivity index (χ3v) is 7.58. The molecule has 8 heteroatoms. The minimum absolute atomic E-state index is 0.0592. The van der Waals surface area contributed by atoms with Crippen LogP contribution in [0.25, 0.3) is 0 Å². The van der Waals surface area contributed by atoms with Gasteiger partial charge in [0.2, 0.25) is 10.0 Å². The monoisotopic (exact) mass is 391 g/mol. The molecule has 146 valence electrons. The molecule has 2 aliphatic rings. The van der Waals surface area contributed by atoms with Gasteiger partial charge in [-0.05, 0) is 44.2 Å². The molecule has 0 radical (unpaired) electrons. The Kier molecular flexibility index (Phi) is 4.86. The number of fused-ring (bicyclic) bond motifs is 2. The third-order valence-electron chi connectivity index (χ3n) is 5.65. The summed E-state index contributed by atoms with van der Waals surface area (Å²) in [5, 5.41) is 4.14. The Balaban J connectivity index is 1.55. The van der Waals surface area contributed by atoms with E-state index >= 15 is 0 Å². The quantitative estimate of drug-likeness (QED) is 0.725. The van der Waals surface area contributed by atoms with Gasteiger partial charge >= 0.3 is 0 Å². The number of piperidine rings is 1. The van der Waals surface area contributed by atoms with Gasteiger partial charge in [-0.3, -0.25) is 4.68 Å². The molecule has 2 fully saturated rings. The predicted octanol–water partition coefficient (Wildman–Crippen LogP) is 2.53. The molecule has 0 N–H and O–H groups in total. The highest BCUT2D eigenvalue weighted by Crippen LogP contribution is 2.45. The first-order valence-corrected chi connectivity index (χ1v) is 10.8. The summed E-state index contributed by atoms with van der Waals surface area (Å²) in [5.74, 6) is 1.75. The molecule has 4 rings (SSSR count). The number of ether oxygens (including phenoxy) is 2. The molecule has 27 heavy (non-hydrogen) atoms. The zero-order valence-corrected chi connectivity index (χ0v) is 16.4. The molecule has 2 unspecified atom stereocenters. The molecule has 0 spiro atoms. The second-order valence-electron chi connectivity index (χ2n) is 7.15. The molecule has 1 saturated carbocycles. The Morgan fingerprint density at radius 1 is 1.26 bits per heavy atom. The minimum atomic E-state index is -3.58. The average Bonchev–Trinajstić information content (AvgIpc) is 3.41. The standard InChI is InChI=1S/C19H25N3O4S/c1-3-21-12-18(11-20-21)27(23,24)22-15-8-7-14(9-15)19(22)13-26-17-6-4-5-16(10-17)25-2/h4-6,10-12,14-15,19H,3,7-9,13H2,1-2H3/t14?,15?,19-/m0/s1. The van der Waals surface area contributed by atoms with Crippen LogP contribution in [0.5, 0.6) is 11.5 Å². The molecule has 2 bridgehead atoms. The van der Waals surface area contributed by atoms with E-state index < -0.39 is 10.0 Å². The van der Waals surface area contributed by atoms with E-state index in [2.05, 4.69) is 5.10 Å². The van der Waals surface area contributed by atoms with E-state index in [1.807, 2.05) is 31.2 Å². The number of aromatic nitrogens is 2. The maximum atomic E-state index is 13.3. The van der Waals surface area contributed by atoms with Gasteiger partial charge in [0.05, 0.1) is 19.3 Å². The molecule has 3 atom stereocenters. The van der Waals surface area contributed by atoms with Crippen LogP contribution >= 0.6 is 0 Å². The van der Waals surface area contributed by atoms with Crippen molar-refractivity contribution in [2.45, 2.75) is 49.7 Å². The largest absolute Gasteiger partial charge is 0.497 e. The van der Waals surface area contributed by atoms with Crippen molar-refractivity contribution < 1.29 is 17.9 Å². The van der Waals surface area contributed by atoms with Gasteiger partial charge in [-0.1, -0.05) is 6.07 Å². The number of methoxy groups -OCH3 is 1. The number of hydrogen-bond donors (Lipinski definition) is 0. The van der Waals surface area contributed by atoms with Crippen molar-refractivity contribution in [1.29, 1.82) is 0 Å². The van der Waals surface area contributed by atoms with Gasteiger partial charge in [0.15, 0.2) is 0 Å². The van der Waals surface area contributed by atoms with Crippen LogP contribution in [0.15, 0.2) is 41.6 Å². The van der Waals surface area contributed by atoms with Crippen LogP contribution in [0.2, 0.25) is 0 Å². The number of sulfonamides is 1. The Labute approximate surface area is 159 Å². The first kappa shape index (κ1) is 18.3. The second-order valence-corrected chi connectivity index (χ2v) is 8.99. The number of hydrogen-bond acceptors (Lipinski definition) is 5. The fraction of sp³-hybridized carbons (Fsp3) is 0.526. The molecule has 1 saturated heterocycles. The van der Waals surface area contributed by atoms with Crippen molar-refractivity contribution in [3.8, 4) is 11.5 Å². The van der Waals surface area contributed by atoms with Crippen molar-refractivity contribution in [1.82, 2.24) is 14.1 Å². The summed E-state index contributed by atoms with van der Waals surface area (Å²) in [6.07, 6.45) is 5.94. The van der Waals surface area contributed by atoms with Crippen molar-refractivity contribution in [2.75, 3.05) is 13.7 Å². The molecule has 1 aromatic carbocycles. The lowest BCUT2D eigenvalue weighted by molar-refractivity contribution is 0.162. The summed E-state index contributed by atoms with van der Waals surface area (Å²) in [6.45, 7) is 2.92. The molecule has 1 aromatic heterocycles. The van der Waals surface area contributed by atoms with Crippen molar-refractivity contribution in [3.05, 3.63) is 36.7 Å². The van der Waals surface area contributed by atoms with E-state index in [-0.39, 0.29) is 17.0 Å². The van der Waals surface area contributed by atoms with Gasteiger partial charge < -0.3 is 9.47 Å². The normalized spacial score (nSPS) is 25.0. The van der Waals surface area contributed by atoms with Crippen molar-refractivity contribution >= 4 is 10.0 Å². The third kappa shape index (κ3) is 3.32. The Bertz CT molecular complexity index is 911. The van der Waals surface area contributed by atoms with Crippen molar-refractivity contribution in [2.24, 2.45) is 5.92 Å². The van der Waals surface area contributed by atoms with Crippen LogP contribution in [0.3, 0.4) is 0 Å². The van der Waals surface area contributed by atoms with Crippen LogP contribution in [0, 0.1) is 5.92 Å². The maximum absolute atomic E-state index is 13.3. The van der Waals surface area contributed by atoms with E-state index in [0.29, 0.717) is 24.8 Å². The SMILES string of the molecule is CCn1cc(S(=O)(=O)N2C3CCC(C3)[C@@H]2COc2cccc(OC)c2)cn1. The smallest absolute Gasteiger partial charge is 0.246 e. The highest BCUT2D eigenvalue weighted by Gasteiger charge is 2.52. The second kappa shape index (κ2) is 7.16. The Morgan fingerprint density at radius 2 is 2.07 bits per heavy atom. The first-order valence-electron chi connectivity index (χ1n) is 9.35. The van der Waals surface area contributed by atoms with E-state index in [1.165, 1.54) is 6.20 Å². The molecule has 1 aliphatic carbocycles. The molecular weight excluding hydrogens is 366 g/mol. The Hall–Kier alpha value is -2.06. The molecule has 2 aromatic rings. The lowest BCUT2D eigenvalue weighted by atomic mass is 10.0. The summed E-state index contributed by atoms with van der Waals surface area (Å²) < 4.78 is 41.1. The fourth-order valence-electron chi connectivity index (χ4n) is 4.28. The summed E-state index contributed by atoms with van der Waals surface area (Å²) >= 11 is 0. The lowest BCUT2D eigenvalue weighted by Crippen LogP contribution is -2.47. The maximum Gasteiger partial charge on any atom is 0.246 e. The number of nitrogens with zero attached hydrogens (tertiary/aromatic N) is 3. The summed E-state index contributed by atoms with van der Waals surface area (Å²) in [4.78, 5) is 0.267. The molecule has 1 aliphatic heterocycles. The Morgan fingerprint density at radius 3 is 2.81 bits per heavy atom. The van der Waals surface area contributed by atoms with Crippen LogP contribution in [0.1, 0.15) is 26.2 Å². The summed E-state index contributed by atoms with van der Waals surface area (Å²) in [5.41, 5.74) is 0. The van der Waals surface area contributed by atoms with Crippen LogP contribution in [0.4, 0.5) is 0 Å². The van der Waals surface area contributed by atoms with Gasteiger partial charge in [-0.25, -0.2) is 8.42 Å². The molecule has 2 heterocycles. The summed E-state index contributed by atoms with van der Waals surface area (Å²) in [7, 11) is -1.97. The van der Waals surface area contributed by atoms with Gasteiger partial charge in [-0.15, -0.1) is 0 Å². The van der Waals surface area contributed by atoms with Gasteiger partial charge in [0.1, 0.15) is 23.0 Å². The number of benzene rings is 1. The molecule has 7 nitrogen and oxygen atoms in total. The first-order chi connectivity index (χ1) is 13.0. The van der Waals surface area contributed by atoms with Gasteiger partial charge in [0.25, 0.3) is 0 Å². The zero-order valence-electron chi connectivity index (χ0n) is 15.6. The zero-order chi connectivity index (χ0) is 19.0. The number of rotatable bonds is 7. The molecular formula is C19H25N3O4S. The average molecular weight is 391 g/mol. The van der Waals surface area contributed by atoms with Crippen LogP contribution in [-0.2, 0) is 16.6 Å². The van der Waals surface area contributed by atoms with Gasteiger partial charge in [0, 0.05) is 24.8 Å². The lowest BCUT2D eigenvalue weighted by Gasteiger charge is -2.33. The highest BCUT2D eigenvalue weighted by molar-refractivity contribution is 7.89. The summed E-state index contributed by atoms with van der Waals surface area (Å²) in [6, 6.07) is 7.31. The van der Waals surface area contributed by atoms with Crippen LogP contribution in [-0.4, -0.2) is 48.3 Å². The van der Waals surface area contributed by atoms with Gasteiger partial charge in [-0.2, -0.15) is 9.40 Å². The topological polar surface area (TPSA) is 73.7 Å². The van der Waals surface area contributed by atoms with E-state index in [0.717, 1.165) is 25.0 Å². The fourth-order valence-corrected chi connectivity index (χ4v) is 6.13. The van der Waals surface area contributed by atoms with E-state index in [1.54, 1.807) is 22.3 Å². The van der Waals surface area contributed by atoms with Crippen LogP contribution < -0.4 is 9.47 Å². The number of aryl methyl sites for hydroxylation is 1. The highest BCUT2D eigenvalue weighted by atomic mass is 32.2.